The summed E-state index contributed by atoms with van der Waals surface area (Å²) in [5.74, 6) is 2.75. The van der Waals surface area contributed by atoms with Crippen LogP contribution in [0.1, 0.15) is 44.5 Å². The van der Waals surface area contributed by atoms with Gasteiger partial charge in [0.25, 0.3) is 0 Å². The van der Waals surface area contributed by atoms with Crippen LogP contribution < -0.4 is 14.8 Å². The van der Waals surface area contributed by atoms with Gasteiger partial charge in [0.1, 0.15) is 18.1 Å². The average Bonchev–Trinajstić information content (AvgIpc) is 3.34. The van der Waals surface area contributed by atoms with Gasteiger partial charge in [0, 0.05) is 11.4 Å². The molecule has 0 saturated heterocycles. The Balaban J connectivity index is 1.47. The molecule has 0 bridgehead atoms. The number of carbonyl (C=O) groups is 1. The lowest BCUT2D eigenvalue weighted by molar-refractivity contribution is -0.113. The molecule has 7 nitrogen and oxygen atoms in total. The van der Waals surface area contributed by atoms with Gasteiger partial charge in [-0.3, -0.25) is 9.36 Å². The predicted octanol–water partition coefficient (Wildman–Crippen LogP) is 6.49. The van der Waals surface area contributed by atoms with E-state index < -0.39 is 0 Å². The van der Waals surface area contributed by atoms with Crippen LogP contribution in [0.2, 0.25) is 0 Å². The second kappa shape index (κ2) is 13.0. The van der Waals surface area contributed by atoms with Crippen molar-refractivity contribution in [3.05, 3.63) is 90.3 Å². The van der Waals surface area contributed by atoms with Crippen LogP contribution in [-0.2, 0) is 11.4 Å². The Labute approximate surface area is 222 Å². The molecule has 1 heterocycles. The van der Waals surface area contributed by atoms with E-state index in [-0.39, 0.29) is 18.3 Å². The zero-order chi connectivity index (χ0) is 26.0. The fourth-order valence-corrected chi connectivity index (χ4v) is 4.50. The second-order valence-electron chi connectivity index (χ2n) is 8.53. The molecule has 0 radical (unpaired) electrons. The van der Waals surface area contributed by atoms with Crippen LogP contribution in [0.15, 0.2) is 84.0 Å². The van der Waals surface area contributed by atoms with E-state index in [9.17, 15) is 4.79 Å². The largest absolute Gasteiger partial charge is 0.494 e. The van der Waals surface area contributed by atoms with Crippen molar-refractivity contribution in [1.82, 2.24) is 14.8 Å². The molecule has 37 heavy (non-hydrogen) atoms. The Morgan fingerprint density at radius 2 is 1.62 bits per heavy atom. The maximum atomic E-state index is 12.7. The molecule has 0 aliphatic heterocycles. The number of nitrogens with zero attached hydrogens (tertiary/aromatic N) is 3. The molecule has 4 rings (SSSR count). The summed E-state index contributed by atoms with van der Waals surface area (Å²) in [6, 6.07) is 25.3. The molecular weight excluding hydrogens is 484 g/mol. The van der Waals surface area contributed by atoms with E-state index in [4.69, 9.17) is 9.47 Å². The molecule has 1 atom stereocenters. The van der Waals surface area contributed by atoms with E-state index in [0.717, 1.165) is 29.3 Å². The number of hydrogen-bond donors (Lipinski definition) is 1. The van der Waals surface area contributed by atoms with Crippen molar-refractivity contribution in [2.24, 2.45) is 0 Å². The number of nitrogens with one attached hydrogen (secondary N) is 1. The molecular formula is C29H32N4O3S. The van der Waals surface area contributed by atoms with Gasteiger partial charge in [-0.05, 0) is 73.4 Å². The van der Waals surface area contributed by atoms with Crippen LogP contribution in [0.4, 0.5) is 5.69 Å². The van der Waals surface area contributed by atoms with E-state index in [2.05, 4.69) is 41.5 Å². The first-order valence-corrected chi connectivity index (χ1v) is 13.4. The maximum Gasteiger partial charge on any atom is 0.234 e. The number of ether oxygens (including phenoxy) is 2. The molecule has 0 saturated carbocycles. The third kappa shape index (κ3) is 7.13. The monoisotopic (exact) mass is 516 g/mol. The van der Waals surface area contributed by atoms with Crippen molar-refractivity contribution in [3.8, 4) is 17.2 Å². The summed E-state index contributed by atoms with van der Waals surface area (Å²) in [5.41, 5.74) is 2.91. The van der Waals surface area contributed by atoms with Crippen LogP contribution in [0.25, 0.3) is 5.69 Å². The van der Waals surface area contributed by atoms with Gasteiger partial charge in [0.05, 0.1) is 12.4 Å². The highest BCUT2D eigenvalue weighted by atomic mass is 32.2. The number of amides is 1. The summed E-state index contributed by atoms with van der Waals surface area (Å²) in [7, 11) is 0. The van der Waals surface area contributed by atoms with Gasteiger partial charge < -0.3 is 14.8 Å². The number of benzene rings is 3. The minimum atomic E-state index is -0.107. The number of aromatic nitrogens is 3. The van der Waals surface area contributed by atoms with Crippen molar-refractivity contribution in [2.45, 2.75) is 44.9 Å². The highest BCUT2D eigenvalue weighted by Crippen LogP contribution is 2.26. The second-order valence-corrected chi connectivity index (χ2v) is 9.47. The molecule has 3 aromatic carbocycles. The summed E-state index contributed by atoms with van der Waals surface area (Å²) >= 11 is 1.33. The number of carbonyl (C=O) groups excluding carboxylic acids is 1. The topological polar surface area (TPSA) is 78.3 Å². The van der Waals surface area contributed by atoms with Crippen LogP contribution in [-0.4, -0.2) is 33.0 Å². The lowest BCUT2D eigenvalue weighted by atomic mass is 9.99. The summed E-state index contributed by atoms with van der Waals surface area (Å²) in [6.07, 6.45) is 1.08. The number of hydrogen-bond acceptors (Lipinski definition) is 6. The third-order valence-electron chi connectivity index (χ3n) is 5.93. The minimum absolute atomic E-state index is 0.107. The highest BCUT2D eigenvalue weighted by Gasteiger charge is 2.17. The molecule has 1 aromatic heterocycles. The Kier molecular flexibility index (Phi) is 9.21. The Morgan fingerprint density at radius 1 is 0.919 bits per heavy atom. The van der Waals surface area contributed by atoms with Gasteiger partial charge in [-0.15, -0.1) is 10.2 Å². The average molecular weight is 517 g/mol. The van der Waals surface area contributed by atoms with Crippen LogP contribution in [0.5, 0.6) is 11.5 Å². The number of rotatable bonds is 12. The van der Waals surface area contributed by atoms with Gasteiger partial charge >= 0.3 is 0 Å². The summed E-state index contributed by atoms with van der Waals surface area (Å²) in [5, 5.41) is 12.3. The van der Waals surface area contributed by atoms with Crippen molar-refractivity contribution in [3.63, 3.8) is 0 Å². The van der Waals surface area contributed by atoms with Crippen LogP contribution >= 0.6 is 11.8 Å². The summed E-state index contributed by atoms with van der Waals surface area (Å²) in [6.45, 7) is 7.15. The zero-order valence-electron chi connectivity index (χ0n) is 21.4. The molecule has 8 heteroatoms. The van der Waals surface area contributed by atoms with E-state index in [1.807, 2.05) is 78.2 Å². The quantitative estimate of drug-likeness (QED) is 0.217. The molecule has 1 amide bonds. The van der Waals surface area contributed by atoms with Gasteiger partial charge in [-0.1, -0.05) is 55.9 Å². The van der Waals surface area contributed by atoms with Crippen molar-refractivity contribution in [2.75, 3.05) is 17.7 Å². The lowest BCUT2D eigenvalue weighted by Crippen LogP contribution is -2.15. The fraction of sp³-hybridized carbons (Fsp3) is 0.276. The molecule has 1 N–H and O–H groups in total. The lowest BCUT2D eigenvalue weighted by Gasteiger charge is -2.12. The maximum absolute atomic E-state index is 12.7. The molecule has 0 aliphatic carbocycles. The van der Waals surface area contributed by atoms with Gasteiger partial charge in [-0.25, -0.2) is 0 Å². The SMILES string of the molecule is CCOc1ccc(-n2c(COc3ccccc3)nnc2SCC(=O)Nc2ccc([C@@H](C)CC)cc2)cc1. The zero-order valence-corrected chi connectivity index (χ0v) is 22.2. The predicted molar refractivity (Wildman–Crippen MR) is 148 cm³/mol. The van der Waals surface area contributed by atoms with E-state index >= 15 is 0 Å². The van der Waals surface area contributed by atoms with Gasteiger partial charge in [0.2, 0.25) is 5.91 Å². The fourth-order valence-electron chi connectivity index (χ4n) is 3.73. The van der Waals surface area contributed by atoms with E-state index in [1.165, 1.54) is 17.3 Å². The van der Waals surface area contributed by atoms with Crippen molar-refractivity contribution in [1.29, 1.82) is 0 Å². The molecule has 0 spiro atoms. The highest BCUT2D eigenvalue weighted by molar-refractivity contribution is 7.99. The van der Waals surface area contributed by atoms with Crippen molar-refractivity contribution >= 4 is 23.4 Å². The van der Waals surface area contributed by atoms with Crippen molar-refractivity contribution < 1.29 is 14.3 Å². The molecule has 4 aromatic rings. The molecule has 0 aliphatic rings. The molecule has 192 valence electrons. The summed E-state index contributed by atoms with van der Waals surface area (Å²) in [4.78, 5) is 12.7. The van der Waals surface area contributed by atoms with E-state index in [0.29, 0.717) is 23.5 Å². The molecule has 0 unspecified atom stereocenters. The Hall–Kier alpha value is -3.78. The van der Waals surface area contributed by atoms with Crippen LogP contribution in [0, 0.1) is 0 Å². The first kappa shape index (κ1) is 26.3. The number of para-hydroxylation sites is 1. The van der Waals surface area contributed by atoms with Gasteiger partial charge in [-0.2, -0.15) is 0 Å². The number of anilines is 1. The van der Waals surface area contributed by atoms with Gasteiger partial charge in [0.15, 0.2) is 11.0 Å². The minimum Gasteiger partial charge on any atom is -0.494 e. The smallest absolute Gasteiger partial charge is 0.234 e. The first-order chi connectivity index (χ1) is 18.1. The standard InChI is InChI=1S/C29H32N4O3S/c1-4-21(3)22-11-13-23(14-12-22)30-28(34)20-37-29-32-31-27(19-36-25-9-7-6-8-10-25)33(29)24-15-17-26(18-16-24)35-5-2/h6-18,21H,4-5,19-20H2,1-3H3,(H,30,34)/t21-/m0/s1. The van der Waals surface area contributed by atoms with E-state index in [1.54, 1.807) is 0 Å². The normalized spacial score (nSPS) is 11.6. The van der Waals surface area contributed by atoms with Crippen LogP contribution in [0.3, 0.4) is 0 Å². The Morgan fingerprint density at radius 3 is 2.30 bits per heavy atom. The number of thioether (sulfide) groups is 1. The third-order valence-corrected chi connectivity index (χ3v) is 6.85. The Bertz CT molecular complexity index is 1280. The first-order valence-electron chi connectivity index (χ1n) is 12.4. The summed E-state index contributed by atoms with van der Waals surface area (Å²) < 4.78 is 13.4. The molecule has 0 fully saturated rings.